The average Bonchev–Trinajstić information content (AvgIpc) is 2.97. The van der Waals surface area contributed by atoms with Crippen LogP contribution in [0, 0.1) is 11.8 Å². The molecule has 8 heteroatoms. The number of hydrogen-bond donors (Lipinski definition) is 2. The summed E-state index contributed by atoms with van der Waals surface area (Å²) in [4.78, 5) is 52.2. The van der Waals surface area contributed by atoms with Crippen molar-refractivity contribution >= 4 is 23.6 Å². The summed E-state index contributed by atoms with van der Waals surface area (Å²) in [6.45, 7) is 11.6. The van der Waals surface area contributed by atoms with E-state index >= 15 is 0 Å². The van der Waals surface area contributed by atoms with Crippen molar-refractivity contribution in [2.24, 2.45) is 11.8 Å². The molecule has 0 aliphatic rings. The minimum atomic E-state index is -1.11. The van der Waals surface area contributed by atoms with Crippen LogP contribution in [0.15, 0.2) is 72.8 Å². The summed E-state index contributed by atoms with van der Waals surface area (Å²) in [5.41, 5.74) is 2.38. The Balaban J connectivity index is 2.07. The van der Waals surface area contributed by atoms with Crippen LogP contribution in [-0.4, -0.2) is 42.3 Å². The van der Waals surface area contributed by atoms with Crippen molar-refractivity contribution < 1.29 is 28.7 Å². The molecule has 0 aromatic heterocycles. The summed E-state index contributed by atoms with van der Waals surface area (Å²) in [7, 11) is 0. The molecule has 228 valence electrons. The van der Waals surface area contributed by atoms with E-state index in [0.717, 1.165) is 24.0 Å². The molecule has 8 nitrogen and oxygen atoms in total. The molecule has 2 aromatic rings. The standard InChI is InChI=1S/C34H46N2O6/c1-24(2)14-12-13-19-31(37)35-30(23-41-21-27-15-8-6-9-16-27)33(39)36-29(20-25(3)4)32(38)26(5)34(40)42-22-28-17-10-7-11-18-28/h6-11,15-18,24,26,29-30H,3,12-14,19-23H2,1-2,4-5H3,(H,35,37)(H,36,39)/t26?,29-,30-/m0/s1. The molecule has 0 spiro atoms. The average molecular weight is 579 g/mol. The van der Waals surface area contributed by atoms with E-state index in [0.29, 0.717) is 17.9 Å². The first kappa shape index (κ1) is 34.4. The van der Waals surface area contributed by atoms with E-state index in [-0.39, 0.29) is 38.6 Å². The number of benzene rings is 2. The SMILES string of the molecule is C=C(C)C[C@H](NC(=O)[C@H](COCc1ccccc1)NC(=O)CCCCC(C)C)C(=O)C(C)C(=O)OCc1ccccc1. The van der Waals surface area contributed by atoms with Crippen LogP contribution >= 0.6 is 0 Å². The maximum atomic E-state index is 13.4. The van der Waals surface area contributed by atoms with Gasteiger partial charge in [0.25, 0.3) is 0 Å². The van der Waals surface area contributed by atoms with Crippen molar-refractivity contribution in [1.29, 1.82) is 0 Å². The number of unbranched alkanes of at least 4 members (excludes halogenated alkanes) is 1. The number of rotatable bonds is 19. The Morgan fingerprint density at radius 2 is 1.40 bits per heavy atom. The van der Waals surface area contributed by atoms with E-state index in [2.05, 4.69) is 31.1 Å². The zero-order valence-corrected chi connectivity index (χ0v) is 25.4. The lowest BCUT2D eigenvalue weighted by Crippen LogP contribution is -2.54. The largest absolute Gasteiger partial charge is 0.460 e. The van der Waals surface area contributed by atoms with Gasteiger partial charge in [0.05, 0.1) is 19.3 Å². The fraction of sp³-hybridized carbons (Fsp3) is 0.471. The zero-order chi connectivity index (χ0) is 30.9. The van der Waals surface area contributed by atoms with Gasteiger partial charge in [-0.3, -0.25) is 19.2 Å². The molecule has 2 aromatic carbocycles. The third-order valence-electron chi connectivity index (χ3n) is 6.70. The first-order chi connectivity index (χ1) is 20.1. The molecule has 0 radical (unpaired) electrons. The Hall–Kier alpha value is -3.78. The molecule has 2 rings (SSSR count). The quantitative estimate of drug-likeness (QED) is 0.101. The number of esters is 1. The van der Waals surface area contributed by atoms with Gasteiger partial charge in [-0.1, -0.05) is 92.9 Å². The minimum absolute atomic E-state index is 0.0405. The van der Waals surface area contributed by atoms with Gasteiger partial charge in [0, 0.05) is 6.42 Å². The van der Waals surface area contributed by atoms with E-state index in [1.165, 1.54) is 6.92 Å². The maximum absolute atomic E-state index is 13.4. The van der Waals surface area contributed by atoms with E-state index in [9.17, 15) is 19.2 Å². The lowest BCUT2D eigenvalue weighted by atomic mass is 9.95. The highest BCUT2D eigenvalue weighted by molar-refractivity contribution is 6.03. The van der Waals surface area contributed by atoms with Gasteiger partial charge in [-0.2, -0.15) is 0 Å². The summed E-state index contributed by atoms with van der Waals surface area (Å²) in [5.74, 6) is -2.55. The maximum Gasteiger partial charge on any atom is 0.316 e. The van der Waals surface area contributed by atoms with E-state index in [4.69, 9.17) is 9.47 Å². The number of Topliss-reactive ketones (excluding diaryl/α,β-unsaturated/α-hetero) is 1. The van der Waals surface area contributed by atoms with Crippen molar-refractivity contribution in [2.75, 3.05) is 6.61 Å². The van der Waals surface area contributed by atoms with Crippen LogP contribution in [0.2, 0.25) is 0 Å². The molecular formula is C34H46N2O6. The second-order valence-corrected chi connectivity index (χ2v) is 11.2. The van der Waals surface area contributed by atoms with Gasteiger partial charge < -0.3 is 20.1 Å². The highest BCUT2D eigenvalue weighted by atomic mass is 16.5. The molecule has 3 atom stereocenters. The van der Waals surface area contributed by atoms with E-state index in [1.54, 1.807) is 6.92 Å². The Morgan fingerprint density at radius 1 is 0.810 bits per heavy atom. The predicted molar refractivity (Wildman–Crippen MR) is 163 cm³/mol. The number of carbonyl (C=O) groups is 4. The smallest absolute Gasteiger partial charge is 0.316 e. The number of nitrogens with one attached hydrogen (secondary N) is 2. The lowest BCUT2D eigenvalue weighted by molar-refractivity contribution is -0.153. The third kappa shape index (κ3) is 13.3. The Morgan fingerprint density at radius 3 is 1.98 bits per heavy atom. The molecule has 0 saturated heterocycles. The van der Waals surface area contributed by atoms with Gasteiger partial charge in [0.15, 0.2) is 5.78 Å². The molecule has 2 amide bonds. The molecule has 42 heavy (non-hydrogen) atoms. The van der Waals surface area contributed by atoms with Crippen molar-refractivity contribution in [3.8, 4) is 0 Å². The third-order valence-corrected chi connectivity index (χ3v) is 6.70. The number of ketones is 1. The van der Waals surface area contributed by atoms with Crippen LogP contribution in [0.1, 0.15) is 70.9 Å². The normalized spacial score (nSPS) is 13.1. The minimum Gasteiger partial charge on any atom is -0.460 e. The molecular weight excluding hydrogens is 532 g/mol. The van der Waals surface area contributed by atoms with Gasteiger partial charge in [-0.15, -0.1) is 6.58 Å². The zero-order valence-electron chi connectivity index (χ0n) is 25.4. The summed E-state index contributed by atoms with van der Waals surface area (Å²) >= 11 is 0. The van der Waals surface area contributed by atoms with Crippen LogP contribution in [0.25, 0.3) is 0 Å². The fourth-order valence-corrected chi connectivity index (χ4v) is 4.27. The van der Waals surface area contributed by atoms with Crippen molar-refractivity contribution in [2.45, 2.75) is 85.1 Å². The summed E-state index contributed by atoms with van der Waals surface area (Å²) in [6, 6.07) is 16.6. The van der Waals surface area contributed by atoms with E-state index in [1.807, 2.05) is 60.7 Å². The molecule has 0 aliphatic heterocycles. The number of carbonyl (C=O) groups excluding carboxylic acids is 4. The highest BCUT2D eigenvalue weighted by Crippen LogP contribution is 2.13. The van der Waals surface area contributed by atoms with Gasteiger partial charge >= 0.3 is 5.97 Å². The monoisotopic (exact) mass is 578 g/mol. The molecule has 0 saturated carbocycles. The summed E-state index contributed by atoms with van der Waals surface area (Å²) < 4.78 is 11.1. The summed E-state index contributed by atoms with van der Waals surface area (Å²) in [5, 5.41) is 5.52. The fourth-order valence-electron chi connectivity index (χ4n) is 4.27. The Kier molecular flexibility index (Phi) is 15.3. The molecule has 0 aliphatic carbocycles. The molecule has 1 unspecified atom stereocenters. The number of hydrogen-bond acceptors (Lipinski definition) is 6. The first-order valence-corrected chi connectivity index (χ1v) is 14.7. The van der Waals surface area contributed by atoms with Crippen LogP contribution < -0.4 is 10.6 Å². The van der Waals surface area contributed by atoms with Crippen LogP contribution in [-0.2, 0) is 41.9 Å². The lowest BCUT2D eigenvalue weighted by Gasteiger charge is -2.24. The second kappa shape index (κ2) is 18.6. The first-order valence-electron chi connectivity index (χ1n) is 14.7. The van der Waals surface area contributed by atoms with Crippen molar-refractivity contribution in [1.82, 2.24) is 10.6 Å². The molecule has 0 bridgehead atoms. The number of ether oxygens (including phenoxy) is 2. The van der Waals surface area contributed by atoms with Crippen molar-refractivity contribution in [3.05, 3.63) is 83.9 Å². The van der Waals surface area contributed by atoms with Gasteiger partial charge in [-0.05, 0) is 43.7 Å². The second-order valence-electron chi connectivity index (χ2n) is 11.2. The summed E-state index contributed by atoms with van der Waals surface area (Å²) in [6.07, 6.45) is 3.08. The van der Waals surface area contributed by atoms with Crippen LogP contribution in [0.5, 0.6) is 0 Å². The van der Waals surface area contributed by atoms with Gasteiger partial charge in [0.1, 0.15) is 18.6 Å². The van der Waals surface area contributed by atoms with Crippen molar-refractivity contribution in [3.63, 3.8) is 0 Å². The van der Waals surface area contributed by atoms with E-state index < -0.39 is 35.7 Å². The Bertz CT molecular complexity index is 1150. The Labute approximate surface area is 250 Å². The van der Waals surface area contributed by atoms with Crippen LogP contribution in [0.3, 0.4) is 0 Å². The number of amides is 2. The molecule has 0 fully saturated rings. The molecule has 0 heterocycles. The van der Waals surface area contributed by atoms with Crippen LogP contribution in [0.4, 0.5) is 0 Å². The van der Waals surface area contributed by atoms with Gasteiger partial charge in [0.2, 0.25) is 11.8 Å². The van der Waals surface area contributed by atoms with Gasteiger partial charge in [-0.25, -0.2) is 0 Å². The predicted octanol–water partition coefficient (Wildman–Crippen LogP) is 5.30. The topological polar surface area (TPSA) is 111 Å². The molecule has 2 N–H and O–H groups in total. The highest BCUT2D eigenvalue weighted by Gasteiger charge is 2.33.